The molecule has 0 saturated heterocycles. The molecule has 0 aliphatic carbocycles. The molecule has 0 amide bonds. The molecule has 0 saturated carbocycles. The van der Waals surface area contributed by atoms with Gasteiger partial charge in [-0.15, -0.1) is 0 Å². The number of halogens is 1. The van der Waals surface area contributed by atoms with E-state index in [1.807, 2.05) is 36.4 Å². The van der Waals surface area contributed by atoms with Crippen LogP contribution in [0.1, 0.15) is 22.7 Å². The van der Waals surface area contributed by atoms with Gasteiger partial charge in [-0.05, 0) is 35.9 Å². The summed E-state index contributed by atoms with van der Waals surface area (Å²) in [7, 11) is 0. The predicted molar refractivity (Wildman–Crippen MR) is 84.6 cm³/mol. The number of hydrogen-bond acceptors (Lipinski definition) is 3. The van der Waals surface area contributed by atoms with E-state index in [1.165, 1.54) is 0 Å². The van der Waals surface area contributed by atoms with Crippen LogP contribution in [0, 0.1) is 16.5 Å². The Hall–Kier alpha value is -1.87. The van der Waals surface area contributed by atoms with Crippen LogP contribution in [0.15, 0.2) is 46.9 Å². The van der Waals surface area contributed by atoms with Gasteiger partial charge in [0.2, 0.25) is 0 Å². The van der Waals surface area contributed by atoms with Crippen LogP contribution in [0.5, 0.6) is 0 Å². The number of benzene rings is 2. The van der Waals surface area contributed by atoms with Crippen LogP contribution in [0.4, 0.5) is 5.69 Å². The smallest absolute Gasteiger partial charge is 0.105 e. The van der Waals surface area contributed by atoms with Crippen LogP contribution in [-0.4, -0.2) is 6.54 Å². The van der Waals surface area contributed by atoms with Gasteiger partial charge >= 0.3 is 0 Å². The molecular weight excluding hydrogens is 330 g/mol. The number of hydrogen-bond donors (Lipinski definition) is 2. The van der Waals surface area contributed by atoms with Gasteiger partial charge in [0.05, 0.1) is 11.6 Å². The van der Waals surface area contributed by atoms with Crippen LogP contribution in [0.3, 0.4) is 0 Å². The Bertz CT molecular complexity index is 711. The molecule has 1 heterocycles. The number of hydroxylamine groups is 2. The fourth-order valence-electron chi connectivity index (χ4n) is 2.63. The topological polar surface area (TPSA) is 63.3 Å². The minimum atomic E-state index is -0.0896. The van der Waals surface area contributed by atoms with Crippen molar-refractivity contribution >= 4 is 21.6 Å². The number of anilines is 1. The van der Waals surface area contributed by atoms with E-state index in [-0.39, 0.29) is 11.1 Å². The lowest BCUT2D eigenvalue weighted by Crippen LogP contribution is -3.06. The third-order valence-corrected chi connectivity index (χ3v) is 4.13. The lowest BCUT2D eigenvalue weighted by molar-refractivity contribution is -0.863. The average molecular weight is 344 g/mol. The van der Waals surface area contributed by atoms with Gasteiger partial charge in [0, 0.05) is 15.7 Å². The minimum Gasteiger partial charge on any atom is -0.634 e. The molecule has 0 spiro atoms. The molecule has 0 radical (unpaired) electrons. The Kier molecular flexibility index (Phi) is 3.93. The van der Waals surface area contributed by atoms with Gasteiger partial charge in [-0.2, -0.15) is 5.26 Å². The molecule has 106 valence electrons. The second kappa shape index (κ2) is 5.86. The zero-order chi connectivity index (χ0) is 14.8. The Balaban J connectivity index is 1.97. The molecule has 5 heteroatoms. The van der Waals surface area contributed by atoms with Gasteiger partial charge in [-0.3, -0.25) is 0 Å². The molecule has 0 bridgehead atoms. The van der Waals surface area contributed by atoms with Crippen LogP contribution < -0.4 is 10.4 Å². The van der Waals surface area contributed by atoms with E-state index in [0.717, 1.165) is 21.3 Å². The van der Waals surface area contributed by atoms with Crippen molar-refractivity contribution in [1.82, 2.24) is 0 Å². The van der Waals surface area contributed by atoms with Crippen molar-refractivity contribution in [2.45, 2.75) is 12.6 Å². The zero-order valence-corrected chi connectivity index (χ0v) is 12.9. The summed E-state index contributed by atoms with van der Waals surface area (Å²) in [6.07, 6.45) is 0. The third kappa shape index (κ3) is 3.08. The minimum absolute atomic E-state index is 0.0896. The van der Waals surface area contributed by atoms with Gasteiger partial charge in [-0.1, -0.05) is 28.1 Å². The number of nitriles is 1. The summed E-state index contributed by atoms with van der Waals surface area (Å²) in [4.78, 5) is 0. The van der Waals surface area contributed by atoms with Crippen molar-refractivity contribution in [2.75, 3.05) is 11.9 Å². The summed E-state index contributed by atoms with van der Waals surface area (Å²) in [5.41, 5.74) is 3.57. The van der Waals surface area contributed by atoms with E-state index in [9.17, 15) is 5.21 Å². The highest BCUT2D eigenvalue weighted by atomic mass is 79.9. The fraction of sp³-hybridized carbons (Fsp3) is 0.188. The number of quaternary nitrogens is 1. The summed E-state index contributed by atoms with van der Waals surface area (Å²) >= 11 is 3.44. The van der Waals surface area contributed by atoms with Crippen LogP contribution in [-0.2, 0) is 6.54 Å². The monoisotopic (exact) mass is 343 g/mol. The first-order valence-corrected chi connectivity index (χ1v) is 7.52. The molecule has 0 aromatic heterocycles. The molecular formula is C16H14BrN3O. The van der Waals surface area contributed by atoms with Gasteiger partial charge in [0.15, 0.2) is 0 Å². The zero-order valence-electron chi connectivity index (χ0n) is 11.3. The molecule has 2 aromatic rings. The summed E-state index contributed by atoms with van der Waals surface area (Å²) in [5.74, 6) is 0. The Labute approximate surface area is 131 Å². The predicted octanol–water partition coefficient (Wildman–Crippen LogP) is 2.37. The summed E-state index contributed by atoms with van der Waals surface area (Å²) in [6, 6.07) is 15.4. The Morgan fingerprint density at radius 1 is 1.29 bits per heavy atom. The van der Waals surface area contributed by atoms with E-state index in [0.29, 0.717) is 18.7 Å². The van der Waals surface area contributed by atoms with Crippen molar-refractivity contribution in [3.63, 3.8) is 0 Å². The molecule has 1 aliphatic heterocycles. The fourth-order valence-corrected chi connectivity index (χ4v) is 3.03. The Morgan fingerprint density at radius 2 is 2.14 bits per heavy atom. The number of fused-ring (bicyclic) bond motifs is 1. The molecule has 2 aromatic carbocycles. The number of nitrogens with one attached hydrogen (secondary N) is 2. The SMILES string of the molecule is N#Cc1cccc(C2C[NH+]([O-])Cc3cc(Br)ccc3N2)c1. The first kappa shape index (κ1) is 14.1. The van der Waals surface area contributed by atoms with Gasteiger partial charge < -0.3 is 15.6 Å². The quantitative estimate of drug-likeness (QED) is 0.781. The molecule has 2 N–H and O–H groups in total. The third-order valence-electron chi connectivity index (χ3n) is 3.63. The number of nitrogens with zero attached hydrogens (tertiary/aromatic N) is 1. The second-order valence-electron chi connectivity index (χ2n) is 5.16. The van der Waals surface area contributed by atoms with Crippen LogP contribution >= 0.6 is 15.9 Å². The van der Waals surface area contributed by atoms with Gasteiger partial charge in [-0.25, -0.2) is 0 Å². The molecule has 21 heavy (non-hydrogen) atoms. The van der Waals surface area contributed by atoms with E-state index >= 15 is 0 Å². The first-order chi connectivity index (χ1) is 10.2. The molecule has 3 rings (SSSR count). The maximum atomic E-state index is 12.2. The largest absolute Gasteiger partial charge is 0.634 e. The second-order valence-corrected chi connectivity index (χ2v) is 6.07. The lowest BCUT2D eigenvalue weighted by Gasteiger charge is -2.24. The average Bonchev–Trinajstić information content (AvgIpc) is 2.65. The van der Waals surface area contributed by atoms with Gasteiger partial charge in [0.1, 0.15) is 19.1 Å². The van der Waals surface area contributed by atoms with E-state index < -0.39 is 0 Å². The van der Waals surface area contributed by atoms with Crippen molar-refractivity contribution in [3.05, 3.63) is 68.8 Å². The van der Waals surface area contributed by atoms with Crippen molar-refractivity contribution < 1.29 is 5.06 Å². The molecule has 4 nitrogen and oxygen atoms in total. The lowest BCUT2D eigenvalue weighted by atomic mass is 10.0. The normalized spacial score (nSPS) is 20.8. The summed E-state index contributed by atoms with van der Waals surface area (Å²) < 4.78 is 0.973. The van der Waals surface area contributed by atoms with Crippen LogP contribution in [0.2, 0.25) is 0 Å². The van der Waals surface area contributed by atoms with Gasteiger partial charge in [0.25, 0.3) is 0 Å². The van der Waals surface area contributed by atoms with Crippen molar-refractivity contribution in [2.24, 2.45) is 0 Å². The van der Waals surface area contributed by atoms with Crippen molar-refractivity contribution in [3.8, 4) is 6.07 Å². The highest BCUT2D eigenvalue weighted by Crippen LogP contribution is 2.26. The molecule has 0 fully saturated rings. The standard InChI is InChI=1S/C16H14BrN3O/c17-14-4-5-15-13(7-14)9-20(21)10-16(19-15)12-3-1-2-11(6-12)8-18/h1-7,16,19-20H,9-10H2. The van der Waals surface area contributed by atoms with Crippen LogP contribution in [0.25, 0.3) is 0 Å². The molecule has 2 atom stereocenters. The molecule has 2 unspecified atom stereocenters. The molecule has 1 aliphatic rings. The van der Waals surface area contributed by atoms with E-state index in [1.54, 1.807) is 6.07 Å². The summed E-state index contributed by atoms with van der Waals surface area (Å²) in [5, 5.41) is 24.8. The van der Waals surface area contributed by atoms with E-state index in [4.69, 9.17) is 5.26 Å². The van der Waals surface area contributed by atoms with Crippen molar-refractivity contribution in [1.29, 1.82) is 5.26 Å². The maximum Gasteiger partial charge on any atom is 0.105 e. The first-order valence-electron chi connectivity index (χ1n) is 6.72. The highest BCUT2D eigenvalue weighted by Gasteiger charge is 2.22. The number of rotatable bonds is 1. The Morgan fingerprint density at radius 3 is 2.95 bits per heavy atom. The maximum absolute atomic E-state index is 12.2. The van der Waals surface area contributed by atoms with E-state index in [2.05, 4.69) is 27.3 Å². The summed E-state index contributed by atoms with van der Waals surface area (Å²) in [6.45, 7) is 0.872. The highest BCUT2D eigenvalue weighted by molar-refractivity contribution is 9.10.